The smallest absolute Gasteiger partial charge is 0.254 e. The molecular formula is C22H25ClN6OSi. The van der Waals surface area contributed by atoms with Crippen LogP contribution in [-0.4, -0.2) is 45.2 Å². The Bertz CT molecular complexity index is 1100. The molecule has 9 heteroatoms. The Kier molecular flexibility index (Phi) is 6.88. The number of halogens is 1. The zero-order valence-corrected chi connectivity index (χ0v) is 19.8. The molecule has 1 aromatic carbocycles. The average molecular weight is 453 g/mol. The third-order valence-corrected chi connectivity index (χ3v) is 6.90. The van der Waals surface area contributed by atoms with Crippen LogP contribution in [0.15, 0.2) is 48.9 Å². The third kappa shape index (κ3) is 5.57. The van der Waals surface area contributed by atoms with E-state index in [0.29, 0.717) is 34.3 Å². The van der Waals surface area contributed by atoms with Crippen molar-refractivity contribution in [3.8, 4) is 11.9 Å². The number of benzene rings is 1. The van der Waals surface area contributed by atoms with Crippen LogP contribution in [0.2, 0.25) is 30.7 Å². The average Bonchev–Trinajstić information content (AvgIpc) is 3.22. The number of nitrogens with zero attached hydrogens (tertiary/aromatic N) is 6. The quantitative estimate of drug-likeness (QED) is 0.483. The van der Waals surface area contributed by atoms with Gasteiger partial charge in [-0.05, 0) is 43.3 Å². The van der Waals surface area contributed by atoms with Gasteiger partial charge in [0, 0.05) is 31.4 Å². The van der Waals surface area contributed by atoms with Crippen LogP contribution in [0.4, 0.5) is 0 Å². The van der Waals surface area contributed by atoms with Gasteiger partial charge in [-0.15, -0.1) is 0 Å². The molecule has 0 saturated heterocycles. The van der Waals surface area contributed by atoms with Gasteiger partial charge in [0.15, 0.2) is 11.6 Å². The zero-order valence-electron chi connectivity index (χ0n) is 18.1. The van der Waals surface area contributed by atoms with Crippen molar-refractivity contribution in [1.29, 1.82) is 5.26 Å². The Morgan fingerprint density at radius 3 is 2.65 bits per heavy atom. The maximum Gasteiger partial charge on any atom is 0.254 e. The second kappa shape index (κ2) is 9.41. The van der Waals surface area contributed by atoms with Gasteiger partial charge < -0.3 is 4.90 Å². The van der Waals surface area contributed by atoms with Gasteiger partial charge in [-0.2, -0.15) is 15.0 Å². The highest BCUT2D eigenvalue weighted by molar-refractivity contribution is 6.76. The van der Waals surface area contributed by atoms with Crippen molar-refractivity contribution in [1.82, 2.24) is 24.6 Å². The highest BCUT2D eigenvalue weighted by Crippen LogP contribution is 2.25. The molecule has 0 bridgehead atoms. The highest BCUT2D eigenvalue weighted by atomic mass is 35.5. The molecule has 1 amide bonds. The fourth-order valence-electron chi connectivity index (χ4n) is 3.14. The minimum Gasteiger partial charge on any atom is -0.329 e. The molecule has 0 N–H and O–H groups in total. The lowest BCUT2D eigenvalue weighted by Crippen LogP contribution is -2.38. The fraction of sp³-hybridized carbons (Fsp3) is 0.318. The number of rotatable bonds is 7. The van der Waals surface area contributed by atoms with Crippen LogP contribution >= 0.6 is 11.6 Å². The van der Waals surface area contributed by atoms with E-state index < -0.39 is 8.07 Å². The summed E-state index contributed by atoms with van der Waals surface area (Å²) in [5.41, 5.74) is 1.00. The Balaban J connectivity index is 1.96. The molecule has 0 aliphatic rings. The van der Waals surface area contributed by atoms with Crippen molar-refractivity contribution in [3.63, 3.8) is 0 Å². The summed E-state index contributed by atoms with van der Waals surface area (Å²) in [7, 11) is -1.40. The van der Waals surface area contributed by atoms with Crippen molar-refractivity contribution in [2.75, 3.05) is 6.54 Å². The summed E-state index contributed by atoms with van der Waals surface area (Å²) in [6.07, 6.45) is 2.94. The monoisotopic (exact) mass is 452 g/mol. The first-order valence-electron chi connectivity index (χ1n) is 10.0. The molecule has 7 nitrogen and oxygen atoms in total. The van der Waals surface area contributed by atoms with Crippen LogP contribution in [0.5, 0.6) is 0 Å². The number of carbonyl (C=O) groups excluding carboxylic acids is 1. The lowest BCUT2D eigenvalue weighted by atomic mass is 10.1. The van der Waals surface area contributed by atoms with Crippen molar-refractivity contribution >= 4 is 25.6 Å². The number of amides is 1. The molecule has 0 radical (unpaired) electrons. The van der Waals surface area contributed by atoms with E-state index in [1.54, 1.807) is 41.1 Å². The largest absolute Gasteiger partial charge is 0.329 e. The molecule has 3 rings (SSSR count). The van der Waals surface area contributed by atoms with Crippen LogP contribution in [0.1, 0.15) is 34.7 Å². The number of carbonyl (C=O) groups is 1. The predicted octanol–water partition coefficient (Wildman–Crippen LogP) is 4.73. The molecule has 0 saturated carbocycles. The molecule has 3 aromatic rings. The molecule has 1 atom stereocenters. The van der Waals surface area contributed by atoms with E-state index in [4.69, 9.17) is 16.9 Å². The van der Waals surface area contributed by atoms with Crippen LogP contribution in [0.3, 0.4) is 0 Å². The van der Waals surface area contributed by atoms with Gasteiger partial charge in [0.05, 0.1) is 11.6 Å². The molecule has 2 heterocycles. The number of aromatic nitrogens is 4. The molecule has 0 spiro atoms. The van der Waals surface area contributed by atoms with E-state index in [1.165, 1.54) is 12.5 Å². The Morgan fingerprint density at radius 1 is 1.26 bits per heavy atom. The summed E-state index contributed by atoms with van der Waals surface area (Å²) in [4.78, 5) is 24.0. The molecule has 0 aliphatic heterocycles. The summed E-state index contributed by atoms with van der Waals surface area (Å²) in [5, 5.41) is 13.8. The predicted molar refractivity (Wildman–Crippen MR) is 123 cm³/mol. The van der Waals surface area contributed by atoms with E-state index in [0.717, 1.165) is 6.04 Å². The SMILES string of the molecule is C[C@@H](c1ncnn1-c1ccc(C#N)cn1)N(CC[Si](C)(C)C)C(=O)c1cccc(Cl)c1. The standard InChI is InChI=1S/C22H25ClN6OSi/c1-16(21-26-15-27-29(21)20-9-8-17(13-24)14-25-20)28(10-11-31(2,3)4)22(30)18-6-5-7-19(23)12-18/h5-9,12,14-16H,10-11H2,1-4H3/t16-/m0/s1. The van der Waals surface area contributed by atoms with Gasteiger partial charge in [-0.25, -0.2) is 9.97 Å². The summed E-state index contributed by atoms with van der Waals surface area (Å²) in [5.74, 6) is 1.04. The third-order valence-electron chi connectivity index (χ3n) is 4.94. The van der Waals surface area contributed by atoms with Crippen molar-refractivity contribution in [2.45, 2.75) is 38.7 Å². The number of hydrogen-bond donors (Lipinski definition) is 0. The van der Waals surface area contributed by atoms with Crippen molar-refractivity contribution in [2.24, 2.45) is 0 Å². The summed E-state index contributed by atoms with van der Waals surface area (Å²) in [6, 6.07) is 13.0. The number of hydrogen-bond acceptors (Lipinski definition) is 5. The van der Waals surface area contributed by atoms with Gasteiger partial charge in [-0.1, -0.05) is 37.3 Å². The zero-order chi connectivity index (χ0) is 22.6. The first-order chi connectivity index (χ1) is 14.7. The number of pyridine rings is 1. The summed E-state index contributed by atoms with van der Waals surface area (Å²) in [6.45, 7) is 9.39. The lowest BCUT2D eigenvalue weighted by molar-refractivity contribution is 0.0692. The maximum absolute atomic E-state index is 13.5. The van der Waals surface area contributed by atoms with Crippen LogP contribution < -0.4 is 0 Å². The molecule has 160 valence electrons. The molecule has 2 aromatic heterocycles. The van der Waals surface area contributed by atoms with E-state index in [2.05, 4.69) is 40.8 Å². The van der Waals surface area contributed by atoms with Gasteiger partial charge >= 0.3 is 0 Å². The minimum absolute atomic E-state index is 0.101. The van der Waals surface area contributed by atoms with Crippen molar-refractivity contribution in [3.05, 3.63) is 70.9 Å². The molecule has 0 unspecified atom stereocenters. The molecule has 0 aliphatic carbocycles. The van der Waals surface area contributed by atoms with E-state index in [-0.39, 0.29) is 11.9 Å². The van der Waals surface area contributed by atoms with E-state index in [1.807, 2.05) is 11.8 Å². The lowest BCUT2D eigenvalue weighted by Gasteiger charge is -2.31. The van der Waals surface area contributed by atoms with Crippen LogP contribution in [-0.2, 0) is 0 Å². The van der Waals surface area contributed by atoms with Gasteiger partial charge in [0.25, 0.3) is 5.91 Å². The van der Waals surface area contributed by atoms with E-state index >= 15 is 0 Å². The normalized spacial score (nSPS) is 12.3. The van der Waals surface area contributed by atoms with Crippen molar-refractivity contribution < 1.29 is 4.79 Å². The van der Waals surface area contributed by atoms with Crippen LogP contribution in [0, 0.1) is 11.3 Å². The van der Waals surface area contributed by atoms with Crippen LogP contribution in [0.25, 0.3) is 5.82 Å². The van der Waals surface area contributed by atoms with Gasteiger partial charge in [-0.3, -0.25) is 4.79 Å². The Hall–Kier alpha value is -3.02. The number of nitriles is 1. The maximum atomic E-state index is 13.5. The van der Waals surface area contributed by atoms with Gasteiger partial charge in [0.2, 0.25) is 0 Å². The second-order valence-electron chi connectivity index (χ2n) is 8.54. The van der Waals surface area contributed by atoms with E-state index in [9.17, 15) is 4.79 Å². The molecular weight excluding hydrogens is 428 g/mol. The second-order valence-corrected chi connectivity index (χ2v) is 14.6. The molecule has 31 heavy (non-hydrogen) atoms. The topological polar surface area (TPSA) is 87.7 Å². The summed E-state index contributed by atoms with van der Waals surface area (Å²) < 4.78 is 1.61. The first-order valence-corrected chi connectivity index (χ1v) is 14.1. The fourth-order valence-corrected chi connectivity index (χ4v) is 4.24. The summed E-state index contributed by atoms with van der Waals surface area (Å²) >= 11 is 6.13. The Morgan fingerprint density at radius 2 is 2.03 bits per heavy atom. The first kappa shape index (κ1) is 22.7. The van der Waals surface area contributed by atoms with Gasteiger partial charge in [0.1, 0.15) is 12.4 Å². The highest BCUT2D eigenvalue weighted by Gasteiger charge is 2.28. The Labute approximate surface area is 188 Å². The minimum atomic E-state index is -1.40. The molecule has 0 fully saturated rings.